The molecule has 1 atom stereocenters. The highest BCUT2D eigenvalue weighted by Crippen LogP contribution is 2.21. The molecule has 0 radical (unpaired) electrons. The summed E-state index contributed by atoms with van der Waals surface area (Å²) < 4.78 is 5.45. The molecule has 2 heteroatoms. The molecule has 0 heterocycles. The molecule has 0 aromatic rings. The van der Waals surface area contributed by atoms with Gasteiger partial charge < -0.3 is 4.74 Å². The van der Waals surface area contributed by atoms with Gasteiger partial charge in [-0.2, -0.15) is 0 Å². The Morgan fingerprint density at radius 1 is 0.463 bits per heavy atom. The van der Waals surface area contributed by atoms with Gasteiger partial charge in [0.1, 0.15) is 0 Å². The van der Waals surface area contributed by atoms with Crippen molar-refractivity contribution in [3.05, 3.63) is 12.7 Å². The van der Waals surface area contributed by atoms with Crippen LogP contribution in [0.5, 0.6) is 0 Å². The molecule has 0 saturated heterocycles. The summed E-state index contributed by atoms with van der Waals surface area (Å²) in [4.78, 5) is 11.6. The molecule has 0 N–H and O–H groups in total. The van der Waals surface area contributed by atoms with E-state index in [0.717, 1.165) is 0 Å². The van der Waals surface area contributed by atoms with Gasteiger partial charge in [-0.05, 0) is 18.8 Å². The van der Waals surface area contributed by atoms with E-state index in [9.17, 15) is 4.79 Å². The molecule has 0 spiro atoms. The van der Waals surface area contributed by atoms with E-state index < -0.39 is 0 Å². The Kier molecular flexibility index (Phi) is 34.7. The molecular formula is C39H76O2. The van der Waals surface area contributed by atoms with Crippen molar-refractivity contribution in [1.82, 2.24) is 0 Å². The third-order valence-corrected chi connectivity index (χ3v) is 9.06. The van der Waals surface area contributed by atoms with Crippen molar-refractivity contribution in [3.8, 4) is 0 Å². The maximum absolute atomic E-state index is 11.6. The summed E-state index contributed by atoms with van der Waals surface area (Å²) in [5, 5.41) is 0. The summed E-state index contributed by atoms with van der Waals surface area (Å²) in [6, 6.07) is 0. The minimum absolute atomic E-state index is 0.261. The number of esters is 1. The zero-order valence-corrected chi connectivity index (χ0v) is 28.5. The van der Waals surface area contributed by atoms with Gasteiger partial charge in [-0.15, -0.1) is 0 Å². The van der Waals surface area contributed by atoms with Crippen LogP contribution < -0.4 is 0 Å². The van der Waals surface area contributed by atoms with E-state index in [1.54, 1.807) is 0 Å². The smallest absolute Gasteiger partial charge is 0.330 e. The first kappa shape index (κ1) is 40.2. The van der Waals surface area contributed by atoms with Crippen molar-refractivity contribution in [2.45, 2.75) is 219 Å². The molecule has 0 aliphatic heterocycles. The van der Waals surface area contributed by atoms with E-state index >= 15 is 0 Å². The summed E-state index contributed by atoms with van der Waals surface area (Å²) in [6.07, 6.45) is 46.0. The maximum Gasteiger partial charge on any atom is 0.330 e. The second-order valence-corrected chi connectivity index (χ2v) is 13.2. The van der Waals surface area contributed by atoms with Gasteiger partial charge in [-0.25, -0.2) is 4.79 Å². The van der Waals surface area contributed by atoms with Crippen molar-refractivity contribution < 1.29 is 9.53 Å². The summed E-state index contributed by atoms with van der Waals surface area (Å²) in [6.45, 7) is 8.73. The van der Waals surface area contributed by atoms with Gasteiger partial charge in [0.25, 0.3) is 0 Å². The molecule has 1 unspecified atom stereocenters. The highest BCUT2D eigenvalue weighted by molar-refractivity contribution is 5.81. The average Bonchev–Trinajstić information content (AvgIpc) is 2.99. The molecule has 244 valence electrons. The largest absolute Gasteiger partial charge is 0.462 e. The molecule has 0 aliphatic rings. The fourth-order valence-electron chi connectivity index (χ4n) is 6.18. The van der Waals surface area contributed by atoms with Gasteiger partial charge in [-0.1, -0.05) is 213 Å². The van der Waals surface area contributed by atoms with Gasteiger partial charge in [0.15, 0.2) is 0 Å². The van der Waals surface area contributed by atoms with E-state index in [-0.39, 0.29) is 5.97 Å². The van der Waals surface area contributed by atoms with Crippen molar-refractivity contribution in [3.63, 3.8) is 0 Å². The van der Waals surface area contributed by atoms with Crippen LogP contribution in [-0.2, 0) is 9.53 Å². The van der Waals surface area contributed by atoms with E-state index in [1.165, 1.54) is 212 Å². The second kappa shape index (κ2) is 35.4. The van der Waals surface area contributed by atoms with Crippen LogP contribution in [0.2, 0.25) is 0 Å². The molecule has 0 aliphatic carbocycles. The van der Waals surface area contributed by atoms with Crippen molar-refractivity contribution in [2.24, 2.45) is 5.92 Å². The number of hydrogen-bond donors (Lipinski definition) is 0. The van der Waals surface area contributed by atoms with E-state index in [1.807, 2.05) is 0 Å². The molecule has 41 heavy (non-hydrogen) atoms. The van der Waals surface area contributed by atoms with Gasteiger partial charge >= 0.3 is 5.97 Å². The van der Waals surface area contributed by atoms with E-state index in [2.05, 4.69) is 20.4 Å². The zero-order valence-electron chi connectivity index (χ0n) is 28.5. The normalized spacial score (nSPS) is 12.0. The standard InChI is InChI=1S/C39H76O2/c1-4-7-9-11-13-15-17-19-21-22-24-26-28-30-32-34-36-38(37-41-39(40)6-3)35-33-31-29-27-25-23-20-18-16-14-12-10-8-5-2/h6,38H,3-5,7-37H2,1-2H3. The number of rotatable bonds is 35. The predicted octanol–water partition coefficient (Wildman–Crippen LogP) is 13.9. The highest BCUT2D eigenvalue weighted by atomic mass is 16.5. The van der Waals surface area contributed by atoms with Crippen LogP contribution in [0.3, 0.4) is 0 Å². The third kappa shape index (κ3) is 33.6. The predicted molar refractivity (Wildman–Crippen MR) is 184 cm³/mol. The minimum atomic E-state index is -0.261. The number of unbranched alkanes of at least 4 members (excludes halogenated alkanes) is 28. The van der Waals surface area contributed by atoms with Crippen LogP contribution in [0, 0.1) is 5.92 Å². The fraction of sp³-hybridized carbons (Fsp3) is 0.923. The maximum atomic E-state index is 11.6. The Morgan fingerprint density at radius 2 is 0.707 bits per heavy atom. The lowest BCUT2D eigenvalue weighted by Crippen LogP contribution is -2.13. The molecule has 0 saturated carbocycles. The Labute approximate surface area is 259 Å². The Morgan fingerprint density at radius 3 is 0.951 bits per heavy atom. The monoisotopic (exact) mass is 577 g/mol. The first-order valence-corrected chi connectivity index (χ1v) is 19.0. The average molecular weight is 577 g/mol. The molecule has 0 aromatic heterocycles. The first-order chi connectivity index (χ1) is 20.2. The fourth-order valence-corrected chi connectivity index (χ4v) is 6.18. The quantitative estimate of drug-likeness (QED) is 0.0426. The van der Waals surface area contributed by atoms with Crippen LogP contribution in [0.4, 0.5) is 0 Å². The Hall–Kier alpha value is -0.790. The first-order valence-electron chi connectivity index (χ1n) is 19.0. The summed E-state index contributed by atoms with van der Waals surface area (Å²) in [5.41, 5.74) is 0. The molecule has 0 amide bonds. The molecular weight excluding hydrogens is 500 g/mol. The number of hydrogen-bond acceptors (Lipinski definition) is 2. The van der Waals surface area contributed by atoms with Crippen molar-refractivity contribution >= 4 is 5.97 Å². The topological polar surface area (TPSA) is 26.3 Å². The van der Waals surface area contributed by atoms with Crippen LogP contribution in [0.25, 0.3) is 0 Å². The van der Waals surface area contributed by atoms with Crippen LogP contribution in [-0.4, -0.2) is 12.6 Å². The minimum Gasteiger partial charge on any atom is -0.462 e. The van der Waals surface area contributed by atoms with Gasteiger partial charge in [0, 0.05) is 6.08 Å². The lowest BCUT2D eigenvalue weighted by molar-refractivity contribution is -0.139. The number of carbonyl (C=O) groups excluding carboxylic acids is 1. The van der Waals surface area contributed by atoms with Crippen LogP contribution in [0.1, 0.15) is 219 Å². The summed E-state index contributed by atoms with van der Waals surface area (Å²) >= 11 is 0. The van der Waals surface area contributed by atoms with Gasteiger partial charge in [-0.3, -0.25) is 0 Å². The van der Waals surface area contributed by atoms with Crippen LogP contribution >= 0.6 is 0 Å². The molecule has 0 aromatic carbocycles. The second-order valence-electron chi connectivity index (χ2n) is 13.2. The lowest BCUT2D eigenvalue weighted by Gasteiger charge is -2.16. The summed E-state index contributed by atoms with van der Waals surface area (Å²) in [7, 11) is 0. The molecule has 0 bridgehead atoms. The molecule has 2 nitrogen and oxygen atoms in total. The van der Waals surface area contributed by atoms with Crippen molar-refractivity contribution in [2.75, 3.05) is 6.61 Å². The van der Waals surface area contributed by atoms with E-state index in [4.69, 9.17) is 4.74 Å². The number of carbonyl (C=O) groups is 1. The van der Waals surface area contributed by atoms with E-state index in [0.29, 0.717) is 12.5 Å². The van der Waals surface area contributed by atoms with Crippen LogP contribution in [0.15, 0.2) is 12.7 Å². The Balaban J connectivity index is 3.65. The number of ether oxygens (including phenoxy) is 1. The van der Waals surface area contributed by atoms with Gasteiger partial charge in [0.2, 0.25) is 0 Å². The van der Waals surface area contributed by atoms with Crippen molar-refractivity contribution in [1.29, 1.82) is 0 Å². The Bertz CT molecular complexity index is 514. The lowest BCUT2D eigenvalue weighted by atomic mass is 9.94. The summed E-state index contributed by atoms with van der Waals surface area (Å²) in [5.74, 6) is 0.269. The van der Waals surface area contributed by atoms with Gasteiger partial charge in [0.05, 0.1) is 6.61 Å². The zero-order chi connectivity index (χ0) is 29.9. The highest BCUT2D eigenvalue weighted by Gasteiger charge is 2.11. The SMILES string of the molecule is C=CC(=O)OCC(CCCCCCCCCCCCCCCC)CCCCCCCCCCCCCCCCCC. The molecule has 0 rings (SSSR count). The molecule has 0 fully saturated rings. The third-order valence-electron chi connectivity index (χ3n) is 9.06.